The lowest BCUT2D eigenvalue weighted by Crippen LogP contribution is -2.26. The Morgan fingerprint density at radius 3 is 2.95 bits per heavy atom. The number of ketones is 1. The summed E-state index contributed by atoms with van der Waals surface area (Å²) in [4.78, 5) is 27.8. The smallest absolute Gasteiger partial charge is 0.168 e. The van der Waals surface area contributed by atoms with Crippen LogP contribution >= 0.6 is 0 Å². The number of hydrogen-bond acceptors (Lipinski definition) is 4. The molecular weight excluding hydrogens is 278 g/mol. The highest BCUT2D eigenvalue weighted by molar-refractivity contribution is 5.95. The molecule has 2 atom stereocenters. The molecule has 0 spiro atoms. The van der Waals surface area contributed by atoms with Gasteiger partial charge in [0.15, 0.2) is 12.1 Å². The number of fused-ring (bicyclic) bond motifs is 2. The minimum Gasteiger partial charge on any atom is -0.500 e. The number of rotatable bonds is 2. The van der Waals surface area contributed by atoms with Crippen molar-refractivity contribution in [2.45, 2.75) is 5.92 Å². The number of Topliss-reactive ketones (excluding diaryl/α,β-unsaturated/α-hetero) is 1. The maximum atomic E-state index is 12.6. The summed E-state index contributed by atoms with van der Waals surface area (Å²) in [5.74, 6) is -0.299. The van der Waals surface area contributed by atoms with Crippen molar-refractivity contribution in [3.63, 3.8) is 0 Å². The van der Waals surface area contributed by atoms with Crippen molar-refractivity contribution < 1.29 is 14.3 Å². The number of carbonyl (C=O) groups excluding carboxylic acids is 2. The van der Waals surface area contributed by atoms with Crippen LogP contribution in [0.2, 0.25) is 0 Å². The maximum absolute atomic E-state index is 12.6. The zero-order valence-corrected chi connectivity index (χ0v) is 11.7. The van der Waals surface area contributed by atoms with Gasteiger partial charge in [-0.05, 0) is 17.7 Å². The summed E-state index contributed by atoms with van der Waals surface area (Å²) >= 11 is 0. The highest BCUT2D eigenvalue weighted by Crippen LogP contribution is 2.35. The summed E-state index contributed by atoms with van der Waals surface area (Å²) < 4.78 is 5.26. The Hall–Kier alpha value is -2.75. The molecule has 0 N–H and O–H groups in total. The highest BCUT2D eigenvalue weighted by Gasteiger charge is 2.35. The van der Waals surface area contributed by atoms with Gasteiger partial charge in [0.25, 0.3) is 0 Å². The Balaban J connectivity index is 1.77. The van der Waals surface area contributed by atoms with Crippen LogP contribution in [-0.4, -0.2) is 23.7 Å². The third-order valence-corrected chi connectivity index (χ3v) is 4.23. The molecule has 4 heteroatoms. The van der Waals surface area contributed by atoms with Crippen molar-refractivity contribution in [3.8, 4) is 0 Å². The molecule has 1 aliphatic heterocycles. The molecule has 2 heterocycles. The third kappa shape index (κ3) is 1.96. The van der Waals surface area contributed by atoms with Crippen molar-refractivity contribution in [2.24, 2.45) is 5.92 Å². The van der Waals surface area contributed by atoms with Crippen LogP contribution in [0.4, 0.5) is 0 Å². The van der Waals surface area contributed by atoms with Crippen LogP contribution in [-0.2, 0) is 9.53 Å². The van der Waals surface area contributed by atoms with Crippen molar-refractivity contribution in [3.05, 3.63) is 65.6 Å². The zero-order valence-electron chi connectivity index (χ0n) is 11.7. The molecule has 0 radical (unpaired) electrons. The molecule has 0 bridgehead atoms. The van der Waals surface area contributed by atoms with Crippen molar-refractivity contribution >= 4 is 23.0 Å². The van der Waals surface area contributed by atoms with E-state index < -0.39 is 0 Å². The monoisotopic (exact) mass is 291 g/mol. The number of aldehydes is 1. The molecule has 4 nitrogen and oxygen atoms in total. The number of nitrogens with zero attached hydrogens (tertiary/aromatic N) is 1. The molecule has 2 aromatic rings. The number of carbonyl (C=O) groups is 2. The molecule has 1 aliphatic carbocycles. The van der Waals surface area contributed by atoms with Crippen LogP contribution in [0.3, 0.4) is 0 Å². The van der Waals surface area contributed by atoms with Gasteiger partial charge in [-0.2, -0.15) is 0 Å². The Bertz CT molecular complexity index is 851. The summed E-state index contributed by atoms with van der Waals surface area (Å²) in [5, 5.41) is 0.950. The molecule has 22 heavy (non-hydrogen) atoms. The Labute approximate surface area is 127 Å². The van der Waals surface area contributed by atoms with Gasteiger partial charge in [0, 0.05) is 11.0 Å². The van der Waals surface area contributed by atoms with Crippen LogP contribution in [0.5, 0.6) is 0 Å². The van der Waals surface area contributed by atoms with Crippen LogP contribution in [0.25, 0.3) is 10.9 Å². The standard InChI is InChI=1S/C18H13NO3/c20-8-14-5-3-11-1-2-12(7-17(11)19-14)15-6-4-13-9-22-10-16(13)18(15)21/h1-9,15-16H,10H2. The molecule has 2 aliphatic rings. The second kappa shape index (κ2) is 4.91. The van der Waals surface area contributed by atoms with Gasteiger partial charge in [0.2, 0.25) is 0 Å². The zero-order chi connectivity index (χ0) is 15.1. The fraction of sp³-hybridized carbons (Fsp3) is 0.167. The van der Waals surface area contributed by atoms with Gasteiger partial charge in [-0.25, -0.2) is 4.98 Å². The number of allylic oxidation sites excluding steroid dienone is 2. The quantitative estimate of drug-likeness (QED) is 0.798. The van der Waals surface area contributed by atoms with Gasteiger partial charge in [-0.3, -0.25) is 9.59 Å². The van der Waals surface area contributed by atoms with Gasteiger partial charge in [-0.1, -0.05) is 30.4 Å². The average molecular weight is 291 g/mol. The van der Waals surface area contributed by atoms with E-state index in [-0.39, 0.29) is 17.6 Å². The lowest BCUT2D eigenvalue weighted by Gasteiger charge is -2.21. The largest absolute Gasteiger partial charge is 0.500 e. The Kier molecular flexibility index (Phi) is 2.89. The topological polar surface area (TPSA) is 56.3 Å². The Morgan fingerprint density at radius 2 is 2.09 bits per heavy atom. The third-order valence-electron chi connectivity index (χ3n) is 4.23. The molecule has 4 rings (SSSR count). The molecule has 1 aromatic heterocycles. The first kappa shape index (κ1) is 13.0. The molecule has 0 saturated carbocycles. The van der Waals surface area contributed by atoms with E-state index in [1.807, 2.05) is 36.4 Å². The average Bonchev–Trinajstić information content (AvgIpc) is 3.04. The van der Waals surface area contributed by atoms with Crippen LogP contribution < -0.4 is 0 Å². The van der Waals surface area contributed by atoms with Gasteiger partial charge in [0.1, 0.15) is 12.3 Å². The van der Waals surface area contributed by atoms with E-state index in [1.165, 1.54) is 0 Å². The van der Waals surface area contributed by atoms with Crippen molar-refractivity contribution in [2.75, 3.05) is 6.61 Å². The first-order chi connectivity index (χ1) is 10.8. The van der Waals surface area contributed by atoms with E-state index in [4.69, 9.17) is 4.74 Å². The van der Waals surface area contributed by atoms with Gasteiger partial charge in [0.05, 0.1) is 23.6 Å². The first-order valence-electron chi connectivity index (χ1n) is 7.16. The Morgan fingerprint density at radius 1 is 1.23 bits per heavy atom. The van der Waals surface area contributed by atoms with E-state index in [0.29, 0.717) is 12.3 Å². The minimum atomic E-state index is -0.282. The van der Waals surface area contributed by atoms with E-state index >= 15 is 0 Å². The summed E-state index contributed by atoms with van der Waals surface area (Å²) in [7, 11) is 0. The number of benzene rings is 1. The van der Waals surface area contributed by atoms with Crippen LogP contribution in [0.15, 0.2) is 54.3 Å². The summed E-state index contributed by atoms with van der Waals surface area (Å²) in [6.07, 6.45) is 6.26. The lowest BCUT2D eigenvalue weighted by atomic mass is 9.80. The van der Waals surface area contributed by atoms with Gasteiger partial charge < -0.3 is 4.74 Å². The van der Waals surface area contributed by atoms with E-state index in [0.717, 1.165) is 28.3 Å². The SMILES string of the molecule is O=Cc1ccc2ccc(C3C=CC4=COCC4C3=O)cc2n1. The molecule has 0 amide bonds. The van der Waals surface area contributed by atoms with Crippen molar-refractivity contribution in [1.29, 1.82) is 0 Å². The van der Waals surface area contributed by atoms with Gasteiger partial charge in [-0.15, -0.1) is 0 Å². The minimum absolute atomic E-state index is 0.150. The molecule has 0 fully saturated rings. The predicted molar refractivity (Wildman–Crippen MR) is 81.5 cm³/mol. The highest BCUT2D eigenvalue weighted by atomic mass is 16.5. The van der Waals surface area contributed by atoms with E-state index in [1.54, 1.807) is 12.3 Å². The predicted octanol–water partition coefficient (Wildman–Crippen LogP) is 2.80. The van der Waals surface area contributed by atoms with Crippen LogP contribution in [0, 0.1) is 5.92 Å². The number of hydrogen-bond donors (Lipinski definition) is 0. The van der Waals surface area contributed by atoms with Crippen molar-refractivity contribution in [1.82, 2.24) is 4.98 Å². The number of aromatic nitrogens is 1. The second-order valence-electron chi connectivity index (χ2n) is 5.55. The first-order valence-corrected chi connectivity index (χ1v) is 7.16. The molecular formula is C18H13NO3. The lowest BCUT2D eigenvalue weighted by molar-refractivity contribution is -0.122. The summed E-state index contributed by atoms with van der Waals surface area (Å²) in [6.45, 7) is 0.427. The molecule has 2 unspecified atom stereocenters. The van der Waals surface area contributed by atoms with E-state index in [9.17, 15) is 9.59 Å². The molecule has 108 valence electrons. The summed E-state index contributed by atoms with van der Waals surface area (Å²) in [5.41, 5.74) is 2.97. The fourth-order valence-electron chi connectivity index (χ4n) is 3.02. The van der Waals surface area contributed by atoms with E-state index in [2.05, 4.69) is 4.98 Å². The fourth-order valence-corrected chi connectivity index (χ4v) is 3.02. The number of pyridine rings is 1. The molecule has 1 aromatic carbocycles. The van der Waals surface area contributed by atoms with Gasteiger partial charge >= 0.3 is 0 Å². The normalized spacial score (nSPS) is 23.1. The second-order valence-corrected chi connectivity index (χ2v) is 5.55. The maximum Gasteiger partial charge on any atom is 0.168 e. The van der Waals surface area contributed by atoms with Crippen LogP contribution in [0.1, 0.15) is 22.0 Å². The number of ether oxygens (including phenoxy) is 1. The molecule has 0 saturated heterocycles. The summed E-state index contributed by atoms with van der Waals surface area (Å²) in [6, 6.07) is 9.32.